The van der Waals surface area contributed by atoms with E-state index in [1.807, 2.05) is 37.4 Å². The average Bonchev–Trinajstić information content (AvgIpc) is 3.51. The van der Waals surface area contributed by atoms with Gasteiger partial charge in [0.05, 0.1) is 19.0 Å². The van der Waals surface area contributed by atoms with Crippen LogP contribution in [0.1, 0.15) is 41.4 Å². The Morgan fingerprint density at radius 2 is 1.93 bits per heavy atom. The van der Waals surface area contributed by atoms with Gasteiger partial charge in [-0.1, -0.05) is 30.2 Å². The lowest BCUT2D eigenvalue weighted by Crippen LogP contribution is -2.45. The first-order valence-corrected chi connectivity index (χ1v) is 13.6. The molecule has 0 amide bonds. The molecule has 6 rings (SSSR count). The van der Waals surface area contributed by atoms with Crippen molar-refractivity contribution < 1.29 is 9.84 Å². The van der Waals surface area contributed by atoms with Gasteiger partial charge < -0.3 is 25.8 Å². The summed E-state index contributed by atoms with van der Waals surface area (Å²) in [7, 11) is 1.88. The SMILES string of the molecule is Cn1nccc1Nc1ccc(OCC#Cc2cnc(N3CCC4(CC3)Cc3ccccc3[C@H]4N)c(CO)n2)cc1. The first kappa shape index (κ1) is 25.9. The van der Waals surface area contributed by atoms with Crippen molar-refractivity contribution in [2.75, 3.05) is 29.9 Å². The summed E-state index contributed by atoms with van der Waals surface area (Å²) < 4.78 is 7.53. The maximum atomic E-state index is 10.0. The zero-order valence-electron chi connectivity index (χ0n) is 22.5. The van der Waals surface area contributed by atoms with Gasteiger partial charge in [0.15, 0.2) is 5.82 Å². The summed E-state index contributed by atoms with van der Waals surface area (Å²) >= 11 is 0. The third kappa shape index (κ3) is 5.11. The van der Waals surface area contributed by atoms with Crippen LogP contribution < -0.4 is 20.7 Å². The molecule has 9 nitrogen and oxygen atoms in total. The Morgan fingerprint density at radius 1 is 1.12 bits per heavy atom. The molecule has 4 N–H and O–H groups in total. The molecule has 1 saturated heterocycles. The number of aliphatic hydroxyl groups excluding tert-OH is 1. The first-order valence-electron chi connectivity index (χ1n) is 13.6. The van der Waals surface area contributed by atoms with E-state index in [0.29, 0.717) is 11.4 Å². The van der Waals surface area contributed by atoms with Crippen molar-refractivity contribution in [3.63, 3.8) is 0 Å². The number of hydrogen-bond donors (Lipinski definition) is 3. The Morgan fingerprint density at radius 3 is 2.65 bits per heavy atom. The molecule has 204 valence electrons. The molecule has 9 heteroatoms. The Kier molecular flexibility index (Phi) is 7.11. The van der Waals surface area contributed by atoms with Crippen molar-refractivity contribution in [2.45, 2.75) is 31.9 Å². The molecule has 2 aromatic carbocycles. The van der Waals surface area contributed by atoms with E-state index in [4.69, 9.17) is 10.5 Å². The molecule has 1 fully saturated rings. The molecule has 1 aliphatic carbocycles. The van der Waals surface area contributed by atoms with E-state index < -0.39 is 0 Å². The van der Waals surface area contributed by atoms with E-state index in [2.05, 4.69) is 61.4 Å². The maximum Gasteiger partial charge on any atom is 0.152 e. The van der Waals surface area contributed by atoms with Gasteiger partial charge in [-0.15, -0.1) is 0 Å². The van der Waals surface area contributed by atoms with E-state index in [1.54, 1.807) is 17.1 Å². The summed E-state index contributed by atoms with van der Waals surface area (Å²) in [5.74, 6) is 8.35. The maximum absolute atomic E-state index is 10.0. The number of nitrogens with one attached hydrogen (secondary N) is 1. The van der Waals surface area contributed by atoms with Crippen molar-refractivity contribution in [1.29, 1.82) is 0 Å². The smallest absolute Gasteiger partial charge is 0.152 e. The second-order valence-electron chi connectivity index (χ2n) is 10.5. The van der Waals surface area contributed by atoms with Gasteiger partial charge in [0.2, 0.25) is 0 Å². The highest BCUT2D eigenvalue weighted by atomic mass is 16.5. The molecule has 4 aromatic rings. The Labute approximate surface area is 234 Å². The highest BCUT2D eigenvalue weighted by molar-refractivity contribution is 5.57. The van der Waals surface area contributed by atoms with Gasteiger partial charge in [-0.2, -0.15) is 5.10 Å². The lowest BCUT2D eigenvalue weighted by molar-refractivity contribution is 0.186. The van der Waals surface area contributed by atoms with Crippen LogP contribution in [0, 0.1) is 17.3 Å². The van der Waals surface area contributed by atoms with Crippen LogP contribution in [0.15, 0.2) is 67.0 Å². The number of piperidine rings is 1. The molecule has 2 aliphatic rings. The minimum atomic E-state index is -0.194. The molecule has 0 radical (unpaired) electrons. The number of aromatic nitrogens is 4. The molecule has 1 spiro atoms. The average molecular weight is 536 g/mol. The number of nitrogens with zero attached hydrogens (tertiary/aromatic N) is 5. The molecule has 3 heterocycles. The third-order valence-corrected chi connectivity index (χ3v) is 8.10. The highest BCUT2D eigenvalue weighted by Crippen LogP contribution is 2.51. The lowest BCUT2D eigenvalue weighted by Gasteiger charge is -2.42. The topological polar surface area (TPSA) is 114 Å². The van der Waals surface area contributed by atoms with Gasteiger partial charge in [-0.3, -0.25) is 4.68 Å². The highest BCUT2D eigenvalue weighted by Gasteiger charge is 2.46. The Hall–Kier alpha value is -4.39. The summed E-state index contributed by atoms with van der Waals surface area (Å²) in [6.45, 7) is 1.68. The second kappa shape index (κ2) is 11.0. The van der Waals surface area contributed by atoms with Crippen LogP contribution in [0.3, 0.4) is 0 Å². The van der Waals surface area contributed by atoms with Crippen molar-refractivity contribution in [3.8, 4) is 17.6 Å². The number of anilines is 3. The predicted molar refractivity (Wildman–Crippen MR) is 154 cm³/mol. The normalized spacial score (nSPS) is 17.3. The van der Waals surface area contributed by atoms with Crippen LogP contribution in [0.2, 0.25) is 0 Å². The van der Waals surface area contributed by atoms with E-state index in [9.17, 15) is 5.11 Å². The molecule has 1 aliphatic heterocycles. The summed E-state index contributed by atoms with van der Waals surface area (Å²) in [6, 6.07) is 18.2. The quantitative estimate of drug-likeness (QED) is 0.320. The third-order valence-electron chi connectivity index (χ3n) is 8.10. The molecule has 1 atom stereocenters. The van der Waals surface area contributed by atoms with Crippen molar-refractivity contribution in [1.82, 2.24) is 19.7 Å². The second-order valence-corrected chi connectivity index (χ2v) is 10.5. The molecule has 0 unspecified atom stereocenters. The van der Waals surface area contributed by atoms with Crippen LogP contribution >= 0.6 is 0 Å². The Balaban J connectivity index is 1.04. The number of aliphatic hydroxyl groups is 1. The fourth-order valence-electron chi connectivity index (χ4n) is 5.85. The predicted octanol–water partition coefficient (Wildman–Crippen LogP) is 3.72. The zero-order valence-corrected chi connectivity index (χ0v) is 22.5. The molecular weight excluding hydrogens is 502 g/mol. The standard InChI is InChI=1S/C31H33N7O2/c1-37-28(12-15-34-37)36-23-8-10-25(11-9-23)40-18-4-6-24-20-33-30(27(21-39)35-24)38-16-13-31(14-17-38)19-22-5-2-3-7-26(22)29(31)32/h2-3,5,7-12,15,20,29,36,39H,13-14,16-19,21,32H2,1H3/t29-/m1/s1. The number of benzene rings is 2. The van der Waals surface area contributed by atoms with E-state index in [0.717, 1.165) is 55.4 Å². The van der Waals surface area contributed by atoms with Gasteiger partial charge in [0.25, 0.3) is 0 Å². The number of rotatable bonds is 6. The number of ether oxygens (including phenoxy) is 1. The van der Waals surface area contributed by atoms with E-state index in [1.165, 1.54) is 11.1 Å². The molecule has 0 bridgehead atoms. The van der Waals surface area contributed by atoms with Crippen LogP contribution in [0.25, 0.3) is 0 Å². The summed E-state index contributed by atoms with van der Waals surface area (Å²) in [4.78, 5) is 11.4. The van der Waals surface area contributed by atoms with Gasteiger partial charge >= 0.3 is 0 Å². The fourth-order valence-corrected chi connectivity index (χ4v) is 5.85. The molecule has 40 heavy (non-hydrogen) atoms. The zero-order chi connectivity index (χ0) is 27.5. The van der Waals surface area contributed by atoms with Gasteiger partial charge in [-0.25, -0.2) is 9.97 Å². The van der Waals surface area contributed by atoms with Crippen LogP contribution in [-0.2, 0) is 20.1 Å². The lowest BCUT2D eigenvalue weighted by atomic mass is 9.73. The first-order chi connectivity index (χ1) is 19.5. The van der Waals surface area contributed by atoms with E-state index in [-0.39, 0.29) is 24.7 Å². The monoisotopic (exact) mass is 535 g/mol. The minimum absolute atomic E-state index is 0.0652. The molecule has 0 saturated carbocycles. The summed E-state index contributed by atoms with van der Waals surface area (Å²) in [6.07, 6.45) is 6.40. The molecule has 2 aromatic heterocycles. The van der Waals surface area contributed by atoms with Gasteiger partial charge in [0, 0.05) is 37.9 Å². The van der Waals surface area contributed by atoms with Crippen molar-refractivity contribution in [2.24, 2.45) is 18.2 Å². The fraction of sp³-hybridized carbons (Fsp3) is 0.323. The number of fused-ring (bicyclic) bond motifs is 1. The van der Waals surface area contributed by atoms with Gasteiger partial charge in [0.1, 0.15) is 29.6 Å². The van der Waals surface area contributed by atoms with Gasteiger partial charge in [-0.05, 0) is 66.0 Å². The summed E-state index contributed by atoms with van der Waals surface area (Å²) in [5.41, 5.74) is 11.5. The van der Waals surface area contributed by atoms with Crippen molar-refractivity contribution in [3.05, 3.63) is 89.5 Å². The van der Waals surface area contributed by atoms with E-state index >= 15 is 0 Å². The molecular formula is C31H33N7O2. The minimum Gasteiger partial charge on any atom is -0.481 e. The number of aryl methyl sites for hydroxylation is 1. The van der Waals surface area contributed by atoms with Crippen LogP contribution in [-0.4, -0.2) is 44.6 Å². The number of hydrogen-bond acceptors (Lipinski definition) is 8. The summed E-state index contributed by atoms with van der Waals surface area (Å²) in [5, 5.41) is 17.5. The number of nitrogens with two attached hydrogens (primary N) is 1. The largest absolute Gasteiger partial charge is 0.481 e. The Bertz CT molecular complexity index is 1550. The van der Waals surface area contributed by atoms with Crippen LogP contribution in [0.5, 0.6) is 5.75 Å². The van der Waals surface area contributed by atoms with Crippen LogP contribution in [0.4, 0.5) is 17.3 Å². The van der Waals surface area contributed by atoms with Crippen molar-refractivity contribution >= 4 is 17.3 Å².